The van der Waals surface area contributed by atoms with E-state index in [4.69, 9.17) is 5.11 Å². The first-order valence-corrected chi connectivity index (χ1v) is 5.55. The fraction of sp³-hybridized carbons (Fsp3) is 0.143. The maximum atomic E-state index is 11.2. The third kappa shape index (κ3) is 2.66. The first-order chi connectivity index (χ1) is 8.56. The van der Waals surface area contributed by atoms with Crippen molar-refractivity contribution in [3.05, 3.63) is 59.4 Å². The van der Waals surface area contributed by atoms with Crippen molar-refractivity contribution in [1.82, 2.24) is 4.57 Å². The second kappa shape index (κ2) is 4.87. The Kier molecular flexibility index (Phi) is 3.28. The van der Waals surface area contributed by atoms with Crippen LogP contribution in [0.25, 0.3) is 0 Å². The molecular formula is C14H13NO3. The quantitative estimate of drug-likeness (QED) is 0.839. The van der Waals surface area contributed by atoms with E-state index in [9.17, 15) is 9.59 Å². The summed E-state index contributed by atoms with van der Waals surface area (Å²) in [4.78, 5) is 22.0. The third-order valence-electron chi connectivity index (χ3n) is 2.70. The number of Topliss-reactive ketones (excluding diaryl/α,β-unsaturated/α-hetero) is 1. The Bertz CT molecular complexity index is 599. The lowest BCUT2D eigenvalue weighted by atomic mass is 10.1. The minimum atomic E-state index is -0.936. The van der Waals surface area contributed by atoms with Gasteiger partial charge >= 0.3 is 5.97 Å². The van der Waals surface area contributed by atoms with Crippen molar-refractivity contribution in [3.8, 4) is 0 Å². The summed E-state index contributed by atoms with van der Waals surface area (Å²) in [6.07, 6.45) is 3.57. The van der Waals surface area contributed by atoms with Crippen molar-refractivity contribution >= 4 is 11.8 Å². The van der Waals surface area contributed by atoms with Gasteiger partial charge in [0.05, 0.1) is 5.56 Å². The summed E-state index contributed by atoms with van der Waals surface area (Å²) < 4.78 is 1.86. The average molecular weight is 243 g/mol. The number of rotatable bonds is 4. The van der Waals surface area contributed by atoms with Crippen LogP contribution in [0.1, 0.15) is 33.2 Å². The predicted octanol–water partition coefficient (Wildman–Crippen LogP) is 2.44. The zero-order valence-corrected chi connectivity index (χ0v) is 9.96. The molecule has 2 rings (SSSR count). The summed E-state index contributed by atoms with van der Waals surface area (Å²) >= 11 is 0. The smallest absolute Gasteiger partial charge is 0.335 e. The number of aromatic nitrogens is 1. The molecule has 18 heavy (non-hydrogen) atoms. The highest BCUT2D eigenvalue weighted by Gasteiger charge is 2.05. The van der Waals surface area contributed by atoms with Gasteiger partial charge in [-0.15, -0.1) is 0 Å². The maximum Gasteiger partial charge on any atom is 0.335 e. The lowest BCUT2D eigenvalue weighted by Gasteiger charge is -2.04. The number of benzene rings is 1. The van der Waals surface area contributed by atoms with Gasteiger partial charge in [-0.05, 0) is 30.7 Å². The van der Waals surface area contributed by atoms with E-state index in [1.807, 2.05) is 16.8 Å². The molecule has 1 aromatic carbocycles. The SMILES string of the molecule is CC(=O)c1ccn(Cc2cccc(C(=O)O)c2)c1. The van der Waals surface area contributed by atoms with Gasteiger partial charge in [0.15, 0.2) is 5.78 Å². The van der Waals surface area contributed by atoms with E-state index in [-0.39, 0.29) is 11.3 Å². The Labute approximate surface area is 104 Å². The predicted molar refractivity (Wildman–Crippen MR) is 66.9 cm³/mol. The Balaban J connectivity index is 2.20. The fourth-order valence-corrected chi connectivity index (χ4v) is 1.76. The van der Waals surface area contributed by atoms with Crippen molar-refractivity contribution in [3.63, 3.8) is 0 Å². The van der Waals surface area contributed by atoms with Crippen molar-refractivity contribution in [1.29, 1.82) is 0 Å². The molecule has 1 N–H and O–H groups in total. The molecule has 0 saturated heterocycles. The molecule has 0 bridgehead atoms. The molecule has 0 aliphatic rings. The number of hydrogen-bond acceptors (Lipinski definition) is 2. The van der Waals surface area contributed by atoms with Crippen LogP contribution in [0, 0.1) is 0 Å². The molecule has 1 aromatic heterocycles. The minimum absolute atomic E-state index is 0.0213. The first kappa shape index (κ1) is 12.1. The van der Waals surface area contributed by atoms with Crippen LogP contribution in [0.3, 0.4) is 0 Å². The van der Waals surface area contributed by atoms with Crippen molar-refractivity contribution in [2.24, 2.45) is 0 Å². The fourth-order valence-electron chi connectivity index (χ4n) is 1.76. The molecule has 2 aromatic rings. The number of nitrogens with zero attached hydrogens (tertiary/aromatic N) is 1. The summed E-state index contributed by atoms with van der Waals surface area (Å²) in [6.45, 7) is 2.07. The molecule has 0 unspecified atom stereocenters. The number of carboxylic acids is 1. The number of ketones is 1. The van der Waals surface area contributed by atoms with E-state index in [1.54, 1.807) is 30.5 Å². The zero-order valence-electron chi connectivity index (χ0n) is 9.96. The van der Waals surface area contributed by atoms with Crippen LogP contribution in [0.2, 0.25) is 0 Å². The van der Waals surface area contributed by atoms with E-state index >= 15 is 0 Å². The van der Waals surface area contributed by atoms with Crippen LogP contribution in [-0.4, -0.2) is 21.4 Å². The number of carbonyl (C=O) groups is 2. The van der Waals surface area contributed by atoms with Crippen molar-refractivity contribution < 1.29 is 14.7 Å². The Morgan fingerprint density at radius 2 is 2.00 bits per heavy atom. The lowest BCUT2D eigenvalue weighted by Crippen LogP contribution is -2.01. The summed E-state index contributed by atoms with van der Waals surface area (Å²) in [7, 11) is 0. The average Bonchev–Trinajstić information content (AvgIpc) is 2.78. The van der Waals surface area contributed by atoms with Gasteiger partial charge in [0.25, 0.3) is 0 Å². The summed E-state index contributed by atoms with van der Waals surface area (Å²) in [6, 6.07) is 8.52. The highest BCUT2D eigenvalue weighted by atomic mass is 16.4. The van der Waals surface area contributed by atoms with E-state index in [0.29, 0.717) is 12.1 Å². The van der Waals surface area contributed by atoms with Gasteiger partial charge in [0.2, 0.25) is 0 Å². The Morgan fingerprint density at radius 1 is 1.22 bits per heavy atom. The first-order valence-electron chi connectivity index (χ1n) is 5.55. The molecule has 92 valence electrons. The van der Waals surface area contributed by atoms with Gasteiger partial charge < -0.3 is 9.67 Å². The van der Waals surface area contributed by atoms with Gasteiger partial charge in [0, 0.05) is 24.5 Å². The normalized spacial score (nSPS) is 10.3. The summed E-state index contributed by atoms with van der Waals surface area (Å²) in [5, 5.41) is 8.90. The molecule has 1 heterocycles. The molecule has 0 saturated carbocycles. The van der Waals surface area contributed by atoms with Crippen LogP contribution in [0.15, 0.2) is 42.7 Å². The summed E-state index contributed by atoms with van der Waals surface area (Å²) in [5.74, 6) is -0.915. The van der Waals surface area contributed by atoms with Crippen LogP contribution in [0.4, 0.5) is 0 Å². The molecule has 0 aliphatic heterocycles. The molecular weight excluding hydrogens is 230 g/mol. The number of carbonyl (C=O) groups excluding carboxylic acids is 1. The van der Waals surface area contributed by atoms with Gasteiger partial charge in [-0.1, -0.05) is 12.1 Å². The standard InChI is InChI=1S/C14H13NO3/c1-10(16)13-5-6-15(9-13)8-11-3-2-4-12(7-11)14(17)18/h2-7,9H,8H2,1H3,(H,17,18). The number of hydrogen-bond donors (Lipinski definition) is 1. The zero-order chi connectivity index (χ0) is 13.1. The maximum absolute atomic E-state index is 11.2. The second-order valence-corrected chi connectivity index (χ2v) is 4.13. The monoisotopic (exact) mass is 243 g/mol. The lowest BCUT2D eigenvalue weighted by molar-refractivity contribution is 0.0696. The van der Waals surface area contributed by atoms with E-state index in [1.165, 1.54) is 6.92 Å². The minimum Gasteiger partial charge on any atom is -0.478 e. The van der Waals surface area contributed by atoms with Gasteiger partial charge in [0.1, 0.15) is 0 Å². The largest absolute Gasteiger partial charge is 0.478 e. The van der Waals surface area contributed by atoms with E-state index in [2.05, 4.69) is 0 Å². The molecule has 0 radical (unpaired) electrons. The molecule has 4 heteroatoms. The highest BCUT2D eigenvalue weighted by molar-refractivity contribution is 5.93. The molecule has 0 fully saturated rings. The van der Waals surface area contributed by atoms with Gasteiger partial charge in [-0.3, -0.25) is 4.79 Å². The number of carboxylic acid groups (broad SMARTS) is 1. The summed E-state index contributed by atoms with van der Waals surface area (Å²) in [5.41, 5.74) is 1.82. The van der Waals surface area contributed by atoms with E-state index in [0.717, 1.165) is 5.56 Å². The molecule has 0 atom stereocenters. The molecule has 0 spiro atoms. The van der Waals surface area contributed by atoms with Crippen molar-refractivity contribution in [2.75, 3.05) is 0 Å². The van der Waals surface area contributed by atoms with Crippen LogP contribution in [-0.2, 0) is 6.54 Å². The molecule has 4 nitrogen and oxygen atoms in total. The van der Waals surface area contributed by atoms with Crippen LogP contribution >= 0.6 is 0 Å². The van der Waals surface area contributed by atoms with Gasteiger partial charge in [-0.25, -0.2) is 4.79 Å². The third-order valence-corrected chi connectivity index (χ3v) is 2.70. The molecule has 0 aliphatic carbocycles. The second-order valence-electron chi connectivity index (χ2n) is 4.13. The van der Waals surface area contributed by atoms with Crippen LogP contribution in [0.5, 0.6) is 0 Å². The van der Waals surface area contributed by atoms with Gasteiger partial charge in [-0.2, -0.15) is 0 Å². The Morgan fingerprint density at radius 3 is 2.61 bits per heavy atom. The Hall–Kier alpha value is -2.36. The topological polar surface area (TPSA) is 59.3 Å². The molecule has 0 amide bonds. The highest BCUT2D eigenvalue weighted by Crippen LogP contribution is 2.09. The number of aromatic carboxylic acids is 1. The van der Waals surface area contributed by atoms with Crippen LogP contribution < -0.4 is 0 Å². The van der Waals surface area contributed by atoms with Crippen molar-refractivity contribution in [2.45, 2.75) is 13.5 Å². The van der Waals surface area contributed by atoms with E-state index < -0.39 is 5.97 Å².